The molecule has 0 amide bonds. The molecule has 0 aliphatic rings. The number of hydrogen-bond donors (Lipinski definition) is 2. The Morgan fingerprint density at radius 2 is 1.95 bits per heavy atom. The molecule has 0 bridgehead atoms. The second kappa shape index (κ2) is 6.72. The first kappa shape index (κ1) is 14.8. The smallest absolute Gasteiger partial charge is 0.153 e. The topological polar surface area (TPSA) is 62.4 Å². The minimum atomic E-state index is -0.459. The Morgan fingerprint density at radius 1 is 1.25 bits per heavy atom. The molecule has 2 aromatic rings. The van der Waals surface area contributed by atoms with Crippen LogP contribution in [0.5, 0.6) is 0 Å². The summed E-state index contributed by atoms with van der Waals surface area (Å²) in [4.78, 5) is 6.41. The molecule has 1 aromatic heterocycles. The van der Waals surface area contributed by atoms with E-state index in [1.807, 2.05) is 47.4 Å². The highest BCUT2D eigenvalue weighted by Crippen LogP contribution is 2.25. The molecule has 0 saturated heterocycles. The summed E-state index contributed by atoms with van der Waals surface area (Å²) in [5, 5.41) is 9.70. The van der Waals surface area contributed by atoms with Crippen molar-refractivity contribution in [2.75, 3.05) is 17.2 Å². The van der Waals surface area contributed by atoms with E-state index in [1.165, 1.54) is 0 Å². The molecule has 0 aliphatic carbocycles. The first-order valence-corrected chi connectivity index (χ1v) is 7.24. The number of rotatable bonds is 5. The molecule has 1 heterocycles. The van der Waals surface area contributed by atoms with Gasteiger partial charge in [-0.3, -0.25) is 0 Å². The summed E-state index contributed by atoms with van der Waals surface area (Å²) in [5.74, 6) is 0.684. The summed E-state index contributed by atoms with van der Waals surface area (Å²) in [5.41, 5.74) is 7.76. The predicted molar refractivity (Wildman–Crippen MR) is 85.5 cm³/mol. The van der Waals surface area contributed by atoms with Crippen molar-refractivity contribution in [3.8, 4) is 0 Å². The molecule has 0 saturated carbocycles. The number of anilines is 2. The molecule has 4 nitrogen and oxygen atoms in total. The second-order valence-corrected chi connectivity index (χ2v) is 5.57. The average Bonchev–Trinajstić information content (AvgIpc) is 2.41. The lowest BCUT2D eigenvalue weighted by Crippen LogP contribution is -2.31. The molecule has 1 aromatic carbocycles. The van der Waals surface area contributed by atoms with E-state index < -0.39 is 6.10 Å². The van der Waals surface area contributed by atoms with Crippen molar-refractivity contribution < 1.29 is 5.11 Å². The van der Waals surface area contributed by atoms with Gasteiger partial charge in [-0.1, -0.05) is 30.3 Å². The van der Waals surface area contributed by atoms with Crippen LogP contribution in [-0.4, -0.2) is 22.7 Å². The lowest BCUT2D eigenvalue weighted by molar-refractivity contribution is 0.199. The van der Waals surface area contributed by atoms with Crippen LogP contribution in [0.4, 0.5) is 11.5 Å². The van der Waals surface area contributed by atoms with Gasteiger partial charge in [-0.25, -0.2) is 4.98 Å². The van der Waals surface area contributed by atoms with Gasteiger partial charge in [0, 0.05) is 13.1 Å². The number of nitrogens with two attached hydrogens (primary N) is 1. The monoisotopic (exact) mass is 335 g/mol. The third-order valence-electron chi connectivity index (χ3n) is 2.87. The largest absolute Gasteiger partial charge is 0.396 e. The molecule has 106 valence electrons. The third-order valence-corrected chi connectivity index (χ3v) is 3.31. The van der Waals surface area contributed by atoms with Gasteiger partial charge in [0.1, 0.15) is 4.60 Å². The lowest BCUT2D eigenvalue weighted by Gasteiger charge is -2.26. The Kier molecular flexibility index (Phi) is 4.98. The number of hydrogen-bond acceptors (Lipinski definition) is 4. The standard InChI is InChI=1S/C15H18BrN3O/c1-11(20)9-19(10-12-5-3-2-4-6-12)15-13(17)7-8-14(16)18-15/h2-8,11,20H,9-10,17H2,1H3. The molecule has 5 heteroatoms. The minimum Gasteiger partial charge on any atom is -0.396 e. The van der Waals surface area contributed by atoms with Gasteiger partial charge in [-0.2, -0.15) is 0 Å². The number of benzene rings is 1. The SMILES string of the molecule is CC(O)CN(Cc1ccccc1)c1nc(Br)ccc1N. The van der Waals surface area contributed by atoms with Crippen molar-refractivity contribution in [3.63, 3.8) is 0 Å². The van der Waals surface area contributed by atoms with Gasteiger partial charge in [-0.05, 0) is 40.5 Å². The van der Waals surface area contributed by atoms with Crippen molar-refractivity contribution in [3.05, 3.63) is 52.6 Å². The molecule has 20 heavy (non-hydrogen) atoms. The lowest BCUT2D eigenvalue weighted by atomic mass is 10.2. The van der Waals surface area contributed by atoms with Crippen LogP contribution in [0, 0.1) is 0 Å². The van der Waals surface area contributed by atoms with E-state index in [9.17, 15) is 5.11 Å². The van der Waals surface area contributed by atoms with Gasteiger partial charge in [0.05, 0.1) is 11.8 Å². The molecule has 0 radical (unpaired) electrons. The van der Waals surface area contributed by atoms with Crippen LogP contribution in [0.3, 0.4) is 0 Å². The van der Waals surface area contributed by atoms with Crippen LogP contribution in [0.25, 0.3) is 0 Å². The van der Waals surface area contributed by atoms with E-state index in [-0.39, 0.29) is 0 Å². The van der Waals surface area contributed by atoms with Gasteiger partial charge in [0.25, 0.3) is 0 Å². The van der Waals surface area contributed by atoms with E-state index >= 15 is 0 Å². The molecule has 0 aliphatic heterocycles. The number of nitrogen functional groups attached to an aromatic ring is 1. The zero-order valence-corrected chi connectivity index (χ0v) is 12.9. The van der Waals surface area contributed by atoms with Crippen LogP contribution in [-0.2, 0) is 6.54 Å². The zero-order chi connectivity index (χ0) is 14.5. The van der Waals surface area contributed by atoms with Gasteiger partial charge in [-0.15, -0.1) is 0 Å². The predicted octanol–water partition coefficient (Wildman–Crippen LogP) is 2.81. The molecule has 0 fully saturated rings. The quantitative estimate of drug-likeness (QED) is 0.825. The van der Waals surface area contributed by atoms with Crippen molar-refractivity contribution in [1.29, 1.82) is 0 Å². The van der Waals surface area contributed by atoms with E-state index in [1.54, 1.807) is 6.92 Å². The number of nitrogens with zero attached hydrogens (tertiary/aromatic N) is 2. The zero-order valence-electron chi connectivity index (χ0n) is 11.3. The van der Waals surface area contributed by atoms with Gasteiger partial charge in [0.15, 0.2) is 5.82 Å². The summed E-state index contributed by atoms with van der Waals surface area (Å²) in [6.07, 6.45) is -0.459. The average molecular weight is 336 g/mol. The maximum Gasteiger partial charge on any atom is 0.153 e. The van der Waals surface area contributed by atoms with Gasteiger partial charge >= 0.3 is 0 Å². The molecule has 0 spiro atoms. The first-order chi connectivity index (χ1) is 9.56. The molecular formula is C15H18BrN3O. The number of aromatic nitrogens is 1. The van der Waals surface area contributed by atoms with E-state index in [2.05, 4.69) is 20.9 Å². The fraction of sp³-hybridized carbons (Fsp3) is 0.267. The summed E-state index contributed by atoms with van der Waals surface area (Å²) < 4.78 is 0.727. The summed E-state index contributed by atoms with van der Waals surface area (Å²) in [6, 6.07) is 13.7. The number of halogens is 1. The van der Waals surface area contributed by atoms with Crippen molar-refractivity contribution >= 4 is 27.4 Å². The van der Waals surface area contributed by atoms with Gasteiger partial charge < -0.3 is 15.7 Å². The van der Waals surface area contributed by atoms with Crippen LogP contribution < -0.4 is 10.6 Å². The van der Waals surface area contributed by atoms with Crippen molar-refractivity contribution in [1.82, 2.24) is 4.98 Å². The van der Waals surface area contributed by atoms with Crippen LogP contribution in [0.2, 0.25) is 0 Å². The third kappa shape index (κ3) is 3.95. The highest BCUT2D eigenvalue weighted by atomic mass is 79.9. The van der Waals surface area contributed by atoms with Crippen LogP contribution in [0.1, 0.15) is 12.5 Å². The second-order valence-electron chi connectivity index (χ2n) is 4.76. The maximum atomic E-state index is 9.70. The Bertz CT molecular complexity index is 560. The molecule has 3 N–H and O–H groups in total. The van der Waals surface area contributed by atoms with Crippen LogP contribution >= 0.6 is 15.9 Å². The Morgan fingerprint density at radius 3 is 2.60 bits per heavy atom. The minimum absolute atomic E-state index is 0.459. The molecule has 2 rings (SSSR count). The van der Waals surface area contributed by atoms with E-state index in [0.29, 0.717) is 24.6 Å². The Balaban J connectivity index is 2.29. The summed E-state index contributed by atoms with van der Waals surface area (Å²) in [7, 11) is 0. The Hall–Kier alpha value is -1.59. The molecular weight excluding hydrogens is 318 g/mol. The van der Waals surface area contributed by atoms with Gasteiger partial charge in [0.2, 0.25) is 0 Å². The Labute approximate surface area is 127 Å². The van der Waals surface area contributed by atoms with Crippen LogP contribution in [0.15, 0.2) is 47.1 Å². The first-order valence-electron chi connectivity index (χ1n) is 6.45. The van der Waals surface area contributed by atoms with Crippen molar-refractivity contribution in [2.45, 2.75) is 19.6 Å². The highest BCUT2D eigenvalue weighted by Gasteiger charge is 2.14. The highest BCUT2D eigenvalue weighted by molar-refractivity contribution is 9.10. The number of pyridine rings is 1. The van der Waals surface area contributed by atoms with E-state index in [0.717, 1.165) is 10.2 Å². The van der Waals surface area contributed by atoms with Crippen molar-refractivity contribution in [2.24, 2.45) is 0 Å². The maximum absolute atomic E-state index is 9.70. The molecule has 1 atom stereocenters. The molecule has 1 unspecified atom stereocenters. The number of aliphatic hydroxyl groups excluding tert-OH is 1. The normalized spacial score (nSPS) is 12.2. The van der Waals surface area contributed by atoms with E-state index in [4.69, 9.17) is 5.73 Å². The number of aliphatic hydroxyl groups is 1. The summed E-state index contributed by atoms with van der Waals surface area (Å²) in [6.45, 7) is 2.88. The fourth-order valence-electron chi connectivity index (χ4n) is 2.04. The fourth-order valence-corrected chi connectivity index (χ4v) is 2.34. The summed E-state index contributed by atoms with van der Waals surface area (Å²) >= 11 is 3.36.